The molecular formula is C15H10BrCl2IN2. The van der Waals surface area contributed by atoms with Gasteiger partial charge in [-0.1, -0.05) is 27.5 Å². The summed E-state index contributed by atoms with van der Waals surface area (Å²) in [6.07, 6.45) is 0. The van der Waals surface area contributed by atoms with E-state index in [0.717, 1.165) is 35.6 Å². The SMILES string of the molecule is CC(Cl)c1nc2cc(Br)ccc2n1-c1ccc(Cl)cc1I. The number of alkyl halides is 1. The molecule has 6 heteroatoms. The number of aromatic nitrogens is 2. The highest BCUT2D eigenvalue weighted by atomic mass is 127. The van der Waals surface area contributed by atoms with Gasteiger partial charge in [0.05, 0.1) is 22.1 Å². The molecule has 2 aromatic carbocycles. The second-order valence-electron chi connectivity index (χ2n) is 4.65. The maximum absolute atomic E-state index is 6.33. The summed E-state index contributed by atoms with van der Waals surface area (Å²) in [7, 11) is 0. The molecule has 0 fully saturated rings. The van der Waals surface area contributed by atoms with Gasteiger partial charge in [-0.2, -0.15) is 0 Å². The molecule has 1 unspecified atom stereocenters. The smallest absolute Gasteiger partial charge is 0.132 e. The first kappa shape index (κ1) is 15.6. The lowest BCUT2D eigenvalue weighted by Gasteiger charge is -2.12. The summed E-state index contributed by atoms with van der Waals surface area (Å²) in [6.45, 7) is 1.93. The number of benzene rings is 2. The van der Waals surface area contributed by atoms with Crippen LogP contribution in [0.4, 0.5) is 0 Å². The maximum Gasteiger partial charge on any atom is 0.132 e. The lowest BCUT2D eigenvalue weighted by atomic mass is 10.2. The Morgan fingerprint density at radius 1 is 1.24 bits per heavy atom. The molecular weight excluding hydrogens is 486 g/mol. The van der Waals surface area contributed by atoms with Crippen molar-refractivity contribution in [2.45, 2.75) is 12.3 Å². The van der Waals surface area contributed by atoms with E-state index in [1.165, 1.54) is 0 Å². The Bertz CT molecular complexity index is 830. The Balaban J connectivity index is 2.36. The Kier molecular flexibility index (Phi) is 4.50. The second-order valence-corrected chi connectivity index (χ2v) is 7.82. The monoisotopic (exact) mass is 494 g/mol. The van der Waals surface area contributed by atoms with Gasteiger partial charge in [0, 0.05) is 13.1 Å². The van der Waals surface area contributed by atoms with E-state index in [4.69, 9.17) is 23.2 Å². The number of hydrogen-bond donors (Lipinski definition) is 0. The lowest BCUT2D eigenvalue weighted by Crippen LogP contribution is -2.03. The molecule has 3 aromatic rings. The number of imidazole rings is 1. The molecule has 3 rings (SSSR count). The number of halogens is 4. The molecule has 21 heavy (non-hydrogen) atoms. The van der Waals surface area contributed by atoms with E-state index in [0.29, 0.717) is 0 Å². The van der Waals surface area contributed by atoms with Crippen LogP contribution in [0.25, 0.3) is 16.7 Å². The fourth-order valence-electron chi connectivity index (χ4n) is 2.25. The Morgan fingerprint density at radius 2 is 2.00 bits per heavy atom. The molecule has 0 radical (unpaired) electrons. The zero-order valence-electron chi connectivity index (χ0n) is 10.9. The van der Waals surface area contributed by atoms with E-state index in [9.17, 15) is 0 Å². The molecule has 108 valence electrons. The van der Waals surface area contributed by atoms with Crippen LogP contribution >= 0.6 is 61.7 Å². The summed E-state index contributed by atoms with van der Waals surface area (Å²) < 4.78 is 4.15. The van der Waals surface area contributed by atoms with Gasteiger partial charge in [-0.25, -0.2) is 4.98 Å². The first-order chi connectivity index (χ1) is 9.97. The standard InChI is InChI=1S/C15H10BrCl2IN2/c1-8(17)15-20-12-6-9(16)2-4-14(12)21(15)13-5-3-10(18)7-11(13)19/h2-8H,1H3. The zero-order valence-corrected chi connectivity index (χ0v) is 16.2. The van der Waals surface area contributed by atoms with Gasteiger partial charge in [0.25, 0.3) is 0 Å². The molecule has 1 atom stereocenters. The lowest BCUT2D eigenvalue weighted by molar-refractivity contribution is 0.880. The van der Waals surface area contributed by atoms with Crippen LogP contribution in [0, 0.1) is 3.57 Å². The third-order valence-electron chi connectivity index (χ3n) is 3.15. The predicted molar refractivity (Wildman–Crippen MR) is 101 cm³/mol. The van der Waals surface area contributed by atoms with Crippen LogP contribution in [0.3, 0.4) is 0 Å². The van der Waals surface area contributed by atoms with E-state index in [2.05, 4.69) is 48.1 Å². The second kappa shape index (κ2) is 6.07. The summed E-state index contributed by atoms with van der Waals surface area (Å²) in [6, 6.07) is 11.9. The molecule has 0 spiro atoms. The van der Waals surface area contributed by atoms with E-state index in [1.54, 1.807) is 0 Å². The van der Waals surface area contributed by atoms with Crippen molar-refractivity contribution in [3.8, 4) is 5.69 Å². The molecule has 1 aromatic heterocycles. The Hall–Kier alpha value is -0.300. The largest absolute Gasteiger partial charge is 0.294 e. The van der Waals surface area contributed by atoms with Crippen molar-refractivity contribution in [1.82, 2.24) is 9.55 Å². The third kappa shape index (κ3) is 2.96. The minimum Gasteiger partial charge on any atom is -0.294 e. The number of nitrogens with zero attached hydrogens (tertiary/aromatic N) is 2. The summed E-state index contributed by atoms with van der Waals surface area (Å²) in [5.41, 5.74) is 2.98. The molecule has 0 N–H and O–H groups in total. The molecule has 0 aliphatic carbocycles. The predicted octanol–water partition coefficient (Wildman–Crippen LogP) is 6.35. The topological polar surface area (TPSA) is 17.8 Å². The molecule has 1 heterocycles. The summed E-state index contributed by atoms with van der Waals surface area (Å²) >= 11 is 18.2. The van der Waals surface area contributed by atoms with E-state index in [1.807, 2.05) is 43.3 Å². The van der Waals surface area contributed by atoms with Crippen LogP contribution in [-0.2, 0) is 0 Å². The fourth-order valence-corrected chi connectivity index (χ4v) is 3.86. The van der Waals surface area contributed by atoms with Gasteiger partial charge >= 0.3 is 0 Å². The molecule has 2 nitrogen and oxygen atoms in total. The molecule has 0 aliphatic heterocycles. The van der Waals surface area contributed by atoms with Crippen LogP contribution in [0.5, 0.6) is 0 Å². The molecule has 0 saturated carbocycles. The van der Waals surface area contributed by atoms with Gasteiger partial charge < -0.3 is 0 Å². The van der Waals surface area contributed by atoms with Crippen molar-refractivity contribution in [1.29, 1.82) is 0 Å². The van der Waals surface area contributed by atoms with Crippen molar-refractivity contribution in [2.24, 2.45) is 0 Å². The molecule has 0 amide bonds. The highest BCUT2D eigenvalue weighted by Gasteiger charge is 2.18. The van der Waals surface area contributed by atoms with Crippen LogP contribution < -0.4 is 0 Å². The molecule has 0 aliphatic rings. The van der Waals surface area contributed by atoms with Crippen LogP contribution in [0.2, 0.25) is 5.02 Å². The minimum atomic E-state index is -0.192. The van der Waals surface area contributed by atoms with E-state index in [-0.39, 0.29) is 5.38 Å². The fraction of sp³-hybridized carbons (Fsp3) is 0.133. The van der Waals surface area contributed by atoms with E-state index >= 15 is 0 Å². The highest BCUT2D eigenvalue weighted by Crippen LogP contribution is 2.32. The van der Waals surface area contributed by atoms with E-state index < -0.39 is 0 Å². The van der Waals surface area contributed by atoms with Gasteiger partial charge in [0.2, 0.25) is 0 Å². The van der Waals surface area contributed by atoms with Crippen molar-refractivity contribution in [2.75, 3.05) is 0 Å². The van der Waals surface area contributed by atoms with Crippen molar-refractivity contribution in [3.05, 3.63) is 55.3 Å². The quantitative estimate of drug-likeness (QED) is 0.299. The van der Waals surface area contributed by atoms with Crippen LogP contribution in [-0.4, -0.2) is 9.55 Å². The van der Waals surface area contributed by atoms with Gasteiger partial charge in [-0.3, -0.25) is 4.57 Å². The zero-order chi connectivity index (χ0) is 15.1. The molecule has 0 bridgehead atoms. The number of hydrogen-bond acceptors (Lipinski definition) is 1. The van der Waals surface area contributed by atoms with Gasteiger partial charge in [-0.05, 0) is 65.9 Å². The first-order valence-corrected chi connectivity index (χ1v) is 8.93. The van der Waals surface area contributed by atoms with Gasteiger partial charge in [0.1, 0.15) is 5.82 Å². The molecule has 0 saturated heterocycles. The summed E-state index contributed by atoms with van der Waals surface area (Å²) in [5.74, 6) is 0.824. The number of fused-ring (bicyclic) bond motifs is 1. The average Bonchev–Trinajstić information content (AvgIpc) is 2.77. The Labute approximate surface area is 154 Å². The Morgan fingerprint density at radius 3 is 2.67 bits per heavy atom. The minimum absolute atomic E-state index is 0.192. The highest BCUT2D eigenvalue weighted by molar-refractivity contribution is 14.1. The van der Waals surface area contributed by atoms with Crippen LogP contribution in [0.1, 0.15) is 18.1 Å². The van der Waals surface area contributed by atoms with Gasteiger partial charge in [-0.15, -0.1) is 11.6 Å². The van der Waals surface area contributed by atoms with Gasteiger partial charge in [0.15, 0.2) is 0 Å². The van der Waals surface area contributed by atoms with Crippen molar-refractivity contribution in [3.63, 3.8) is 0 Å². The summed E-state index contributed by atoms with van der Waals surface area (Å²) in [5, 5.41) is 0.526. The number of rotatable bonds is 2. The summed E-state index contributed by atoms with van der Waals surface area (Å²) in [4.78, 5) is 4.68. The third-order valence-corrected chi connectivity index (χ3v) is 4.94. The average molecular weight is 496 g/mol. The van der Waals surface area contributed by atoms with Crippen molar-refractivity contribution < 1.29 is 0 Å². The van der Waals surface area contributed by atoms with Crippen molar-refractivity contribution >= 4 is 72.8 Å². The maximum atomic E-state index is 6.33. The van der Waals surface area contributed by atoms with Crippen LogP contribution in [0.15, 0.2) is 40.9 Å². The normalized spacial score (nSPS) is 12.8. The first-order valence-electron chi connectivity index (χ1n) is 6.25.